The molecule has 4 heteroatoms. The van der Waals surface area contributed by atoms with Gasteiger partial charge in [-0.15, -0.1) is 0 Å². The van der Waals surface area contributed by atoms with Gasteiger partial charge in [-0.05, 0) is 36.4 Å². The van der Waals surface area contributed by atoms with Crippen LogP contribution in [0.1, 0.15) is 10.4 Å². The van der Waals surface area contributed by atoms with E-state index in [4.69, 9.17) is 9.47 Å². The number of carbonyl (C=O) groups is 1. The van der Waals surface area contributed by atoms with Crippen LogP contribution in [0, 0.1) is 0 Å². The van der Waals surface area contributed by atoms with Gasteiger partial charge in [0, 0.05) is 12.1 Å². The number of aromatic nitrogens is 1. The van der Waals surface area contributed by atoms with Gasteiger partial charge in [0.05, 0.1) is 23.4 Å². The molecule has 4 aromatic rings. The number of para-hydroxylation sites is 2. The van der Waals surface area contributed by atoms with Crippen molar-refractivity contribution in [3.05, 3.63) is 78.4 Å². The second-order valence-electron chi connectivity index (χ2n) is 6.03. The van der Waals surface area contributed by atoms with E-state index in [2.05, 4.69) is 4.57 Å². The number of nitrogens with zero attached hydrogens (tertiary/aromatic N) is 1. The molecule has 0 radical (unpaired) electrons. The van der Waals surface area contributed by atoms with Crippen LogP contribution in [-0.2, 0) is 7.05 Å². The number of pyridine rings is 1. The van der Waals surface area contributed by atoms with Gasteiger partial charge in [0.2, 0.25) is 11.0 Å². The normalized spacial score (nSPS) is 10.8. The third-order valence-electron chi connectivity index (χ3n) is 4.54. The molecule has 4 nitrogen and oxygen atoms in total. The average molecular weight is 344 g/mol. The number of hydrogen-bond acceptors (Lipinski definition) is 3. The zero-order chi connectivity index (χ0) is 18.1. The van der Waals surface area contributed by atoms with Gasteiger partial charge < -0.3 is 9.47 Å². The summed E-state index contributed by atoms with van der Waals surface area (Å²) in [5.74, 6) is 0.827. The number of hydrogen-bond donors (Lipinski definition) is 0. The van der Waals surface area contributed by atoms with Crippen molar-refractivity contribution >= 4 is 27.8 Å². The highest BCUT2D eigenvalue weighted by Gasteiger charge is 2.23. The van der Waals surface area contributed by atoms with Crippen molar-refractivity contribution in [3.8, 4) is 11.5 Å². The quantitative estimate of drug-likeness (QED) is 0.244. The van der Waals surface area contributed by atoms with Gasteiger partial charge in [-0.1, -0.05) is 24.3 Å². The molecule has 0 N–H and O–H groups in total. The molecule has 0 aliphatic carbocycles. The van der Waals surface area contributed by atoms with Crippen LogP contribution in [0.3, 0.4) is 0 Å². The number of methoxy groups -OCH3 is 1. The first-order valence-electron chi connectivity index (χ1n) is 8.35. The van der Waals surface area contributed by atoms with Crippen molar-refractivity contribution in [1.29, 1.82) is 0 Å². The second kappa shape index (κ2) is 6.48. The van der Waals surface area contributed by atoms with Crippen molar-refractivity contribution in [3.63, 3.8) is 0 Å². The molecule has 128 valence electrons. The Morgan fingerprint density at radius 2 is 1.27 bits per heavy atom. The minimum Gasteiger partial charge on any atom is -0.497 e. The lowest BCUT2D eigenvalue weighted by Crippen LogP contribution is -2.31. The number of fused-ring (bicyclic) bond motifs is 2. The smallest absolute Gasteiger partial charge is 0.345 e. The third-order valence-corrected chi connectivity index (χ3v) is 4.54. The van der Waals surface area contributed by atoms with E-state index in [1.165, 1.54) is 0 Å². The minimum absolute atomic E-state index is 0.372. The van der Waals surface area contributed by atoms with Crippen LogP contribution in [0.4, 0.5) is 0 Å². The first-order valence-corrected chi connectivity index (χ1v) is 8.35. The molecule has 0 saturated carbocycles. The van der Waals surface area contributed by atoms with E-state index in [9.17, 15) is 4.79 Å². The molecule has 1 heterocycles. The summed E-state index contributed by atoms with van der Waals surface area (Å²) >= 11 is 0. The monoisotopic (exact) mass is 344 g/mol. The molecule has 0 fully saturated rings. The van der Waals surface area contributed by atoms with Gasteiger partial charge >= 0.3 is 5.97 Å². The second-order valence-corrected chi connectivity index (χ2v) is 6.03. The zero-order valence-corrected chi connectivity index (χ0v) is 14.6. The Bertz CT molecular complexity index is 1060. The molecule has 3 aromatic carbocycles. The minimum atomic E-state index is -0.372. The van der Waals surface area contributed by atoms with Gasteiger partial charge in [-0.3, -0.25) is 0 Å². The van der Waals surface area contributed by atoms with Crippen molar-refractivity contribution in [2.75, 3.05) is 7.11 Å². The Hall–Kier alpha value is -3.40. The largest absolute Gasteiger partial charge is 0.497 e. The number of carbonyl (C=O) groups excluding carboxylic acids is 1. The maximum Gasteiger partial charge on any atom is 0.345 e. The van der Waals surface area contributed by atoms with E-state index in [-0.39, 0.29) is 5.97 Å². The van der Waals surface area contributed by atoms with Crippen LogP contribution >= 0.6 is 0 Å². The summed E-state index contributed by atoms with van der Waals surface area (Å²) in [6.07, 6.45) is 0. The molecule has 0 saturated heterocycles. The van der Waals surface area contributed by atoms with Crippen molar-refractivity contribution < 1.29 is 18.8 Å². The summed E-state index contributed by atoms with van der Waals surface area (Å²) in [4.78, 5) is 13.0. The van der Waals surface area contributed by atoms with Crippen LogP contribution in [0.2, 0.25) is 0 Å². The first-order chi connectivity index (χ1) is 12.7. The molecule has 0 unspecified atom stereocenters. The summed E-state index contributed by atoms with van der Waals surface area (Å²) < 4.78 is 12.9. The molecule has 0 spiro atoms. The Kier molecular flexibility index (Phi) is 4.01. The fourth-order valence-corrected chi connectivity index (χ4v) is 3.25. The Labute approximate surface area is 151 Å². The molecule has 0 aliphatic heterocycles. The topological polar surface area (TPSA) is 39.4 Å². The van der Waals surface area contributed by atoms with Crippen LogP contribution in [0.15, 0.2) is 72.8 Å². The van der Waals surface area contributed by atoms with E-state index < -0.39 is 0 Å². The SMILES string of the molecule is COc1ccc(OC(=O)c2c3ccccc3[n+](C)c3ccccc23)cc1. The maximum absolute atomic E-state index is 13.0. The van der Waals surface area contributed by atoms with Crippen LogP contribution in [0.5, 0.6) is 11.5 Å². The van der Waals surface area contributed by atoms with Gasteiger partial charge in [-0.2, -0.15) is 4.57 Å². The van der Waals surface area contributed by atoms with Gasteiger partial charge in [0.25, 0.3) is 0 Å². The Morgan fingerprint density at radius 3 is 1.81 bits per heavy atom. The number of rotatable bonds is 3. The van der Waals surface area contributed by atoms with Crippen molar-refractivity contribution in [2.45, 2.75) is 0 Å². The van der Waals surface area contributed by atoms with E-state index in [0.717, 1.165) is 21.8 Å². The predicted octanol–water partition coefficient (Wildman–Crippen LogP) is 4.05. The highest BCUT2D eigenvalue weighted by atomic mass is 16.5. The summed E-state index contributed by atoms with van der Waals surface area (Å²) in [6.45, 7) is 0. The van der Waals surface area contributed by atoms with E-state index in [1.54, 1.807) is 31.4 Å². The summed E-state index contributed by atoms with van der Waals surface area (Å²) in [7, 11) is 3.60. The lowest BCUT2D eigenvalue weighted by molar-refractivity contribution is -0.617. The van der Waals surface area contributed by atoms with E-state index >= 15 is 0 Å². The number of esters is 1. The summed E-state index contributed by atoms with van der Waals surface area (Å²) in [5, 5.41) is 1.74. The molecule has 0 amide bonds. The average Bonchev–Trinajstić information content (AvgIpc) is 2.69. The van der Waals surface area contributed by atoms with Crippen molar-refractivity contribution in [1.82, 2.24) is 0 Å². The highest BCUT2D eigenvalue weighted by molar-refractivity contribution is 6.13. The van der Waals surface area contributed by atoms with Gasteiger partial charge in [0.1, 0.15) is 18.5 Å². The Balaban J connectivity index is 1.88. The molecule has 1 aromatic heterocycles. The predicted molar refractivity (Wildman–Crippen MR) is 101 cm³/mol. The fourth-order valence-electron chi connectivity index (χ4n) is 3.25. The maximum atomic E-state index is 13.0. The zero-order valence-electron chi connectivity index (χ0n) is 14.6. The summed E-state index contributed by atoms with van der Waals surface area (Å²) in [5.41, 5.74) is 2.53. The number of ether oxygens (including phenoxy) is 2. The standard InChI is InChI=1S/C22H18NO3/c1-23-19-9-5-3-7-17(19)21(18-8-4-6-10-20(18)23)22(24)26-16-13-11-15(25-2)12-14-16/h3-14H,1-2H3/q+1. The van der Waals surface area contributed by atoms with E-state index in [1.807, 2.05) is 55.6 Å². The van der Waals surface area contributed by atoms with Crippen LogP contribution in [-0.4, -0.2) is 13.1 Å². The molecule has 0 aliphatic rings. The van der Waals surface area contributed by atoms with E-state index in [0.29, 0.717) is 17.1 Å². The molecule has 0 bridgehead atoms. The molecular formula is C22H18NO3+. The Morgan fingerprint density at radius 1 is 0.769 bits per heavy atom. The lowest BCUT2D eigenvalue weighted by Gasteiger charge is -2.10. The number of aryl methyl sites for hydroxylation is 1. The first kappa shape index (κ1) is 16.1. The fraction of sp³-hybridized carbons (Fsp3) is 0.0909. The van der Waals surface area contributed by atoms with Crippen LogP contribution in [0.25, 0.3) is 21.8 Å². The molecular weight excluding hydrogens is 326 g/mol. The lowest BCUT2D eigenvalue weighted by atomic mass is 10.0. The third kappa shape index (κ3) is 2.65. The van der Waals surface area contributed by atoms with Gasteiger partial charge in [0.15, 0.2) is 0 Å². The highest BCUT2D eigenvalue weighted by Crippen LogP contribution is 2.26. The molecule has 26 heavy (non-hydrogen) atoms. The van der Waals surface area contributed by atoms with Crippen LogP contribution < -0.4 is 14.0 Å². The molecule has 4 rings (SSSR count). The summed E-state index contributed by atoms with van der Waals surface area (Å²) in [6, 6.07) is 22.7. The number of benzene rings is 3. The van der Waals surface area contributed by atoms with Gasteiger partial charge in [-0.25, -0.2) is 4.79 Å². The van der Waals surface area contributed by atoms with Crippen molar-refractivity contribution in [2.24, 2.45) is 7.05 Å². The molecule has 0 atom stereocenters.